The van der Waals surface area contributed by atoms with Gasteiger partial charge in [-0.3, -0.25) is 0 Å². The van der Waals surface area contributed by atoms with Crippen LogP contribution in [0.2, 0.25) is 0 Å². The van der Waals surface area contributed by atoms with Crippen molar-refractivity contribution in [3.8, 4) is 6.07 Å². The smallest absolute Gasteiger partial charge is 0.0860 e. The highest BCUT2D eigenvalue weighted by Gasteiger charge is 2.51. The second kappa shape index (κ2) is 6.24. The fourth-order valence-corrected chi connectivity index (χ4v) is 3.96. The molecule has 0 amide bonds. The van der Waals surface area contributed by atoms with Gasteiger partial charge in [0.2, 0.25) is 0 Å². The first-order valence-corrected chi connectivity index (χ1v) is 7.97. The van der Waals surface area contributed by atoms with Crippen LogP contribution in [0, 0.1) is 22.7 Å². The summed E-state index contributed by atoms with van der Waals surface area (Å²) in [6, 6.07) is 2.54. The summed E-state index contributed by atoms with van der Waals surface area (Å²) in [5, 5.41) is 24.3. The Labute approximate surface area is 117 Å². The average molecular weight is 264 g/mol. The van der Waals surface area contributed by atoms with Crippen molar-refractivity contribution < 1.29 is 5.11 Å². The summed E-state index contributed by atoms with van der Waals surface area (Å²) in [7, 11) is 0. The Morgan fingerprint density at radius 3 is 2.32 bits per heavy atom. The maximum absolute atomic E-state index is 11.2. The van der Waals surface area contributed by atoms with E-state index in [9.17, 15) is 10.4 Å². The van der Waals surface area contributed by atoms with Crippen LogP contribution >= 0.6 is 0 Å². The molecule has 1 heterocycles. The molecule has 2 fully saturated rings. The molecule has 1 saturated carbocycles. The summed E-state index contributed by atoms with van der Waals surface area (Å²) in [6.07, 6.45) is 9.78. The SMILES string of the molecule is CC(O)(C1CCCNC1)C1(C#N)CCCCCCC1. The third-order valence-electron chi connectivity index (χ3n) is 5.48. The first kappa shape index (κ1) is 14.8. The molecule has 0 radical (unpaired) electrons. The van der Waals surface area contributed by atoms with E-state index in [2.05, 4.69) is 11.4 Å². The van der Waals surface area contributed by atoms with E-state index in [0.717, 1.165) is 51.6 Å². The molecule has 0 aromatic carbocycles. The van der Waals surface area contributed by atoms with Crippen molar-refractivity contribution in [1.29, 1.82) is 5.26 Å². The maximum Gasteiger partial charge on any atom is 0.0860 e. The molecule has 2 atom stereocenters. The van der Waals surface area contributed by atoms with Crippen LogP contribution < -0.4 is 5.32 Å². The van der Waals surface area contributed by atoms with Gasteiger partial charge in [-0.1, -0.05) is 32.1 Å². The highest BCUT2D eigenvalue weighted by Crippen LogP contribution is 2.47. The summed E-state index contributed by atoms with van der Waals surface area (Å²) in [4.78, 5) is 0. The van der Waals surface area contributed by atoms with Gasteiger partial charge in [-0.25, -0.2) is 0 Å². The van der Waals surface area contributed by atoms with E-state index in [1.54, 1.807) is 0 Å². The number of nitrogens with zero attached hydrogens (tertiary/aromatic N) is 1. The second-order valence-corrected chi connectivity index (χ2v) is 6.65. The van der Waals surface area contributed by atoms with Crippen molar-refractivity contribution in [2.45, 2.75) is 70.3 Å². The topological polar surface area (TPSA) is 56.0 Å². The van der Waals surface area contributed by atoms with Crippen LogP contribution in [0.3, 0.4) is 0 Å². The van der Waals surface area contributed by atoms with Crippen LogP contribution in [-0.2, 0) is 0 Å². The molecule has 3 nitrogen and oxygen atoms in total. The zero-order valence-electron chi connectivity index (χ0n) is 12.2. The highest BCUT2D eigenvalue weighted by molar-refractivity contribution is 5.12. The predicted octanol–water partition coefficient (Wildman–Crippen LogP) is 2.99. The molecule has 0 aromatic heterocycles. The molecule has 19 heavy (non-hydrogen) atoms. The number of piperidine rings is 1. The third kappa shape index (κ3) is 2.95. The van der Waals surface area contributed by atoms with E-state index in [0.29, 0.717) is 0 Å². The van der Waals surface area contributed by atoms with Gasteiger partial charge < -0.3 is 10.4 Å². The number of hydrogen-bond donors (Lipinski definition) is 2. The van der Waals surface area contributed by atoms with Crippen LogP contribution in [0.15, 0.2) is 0 Å². The van der Waals surface area contributed by atoms with Crippen LogP contribution in [0.1, 0.15) is 64.7 Å². The maximum atomic E-state index is 11.2. The Morgan fingerprint density at radius 2 is 1.79 bits per heavy atom. The molecule has 2 aliphatic rings. The fourth-order valence-electron chi connectivity index (χ4n) is 3.96. The number of nitriles is 1. The van der Waals surface area contributed by atoms with Crippen molar-refractivity contribution in [3.05, 3.63) is 0 Å². The van der Waals surface area contributed by atoms with Gasteiger partial charge in [0.15, 0.2) is 0 Å². The van der Waals surface area contributed by atoms with E-state index in [4.69, 9.17) is 0 Å². The molecule has 2 rings (SSSR count). The standard InChI is InChI=1S/C16H28N2O/c1-15(19,14-8-7-11-18-12-14)16(13-17)9-5-3-2-4-6-10-16/h14,18-19H,2-12H2,1H3. The van der Waals surface area contributed by atoms with Gasteiger partial charge in [0.25, 0.3) is 0 Å². The Hall–Kier alpha value is -0.590. The Kier molecular flexibility index (Phi) is 4.86. The minimum atomic E-state index is -0.855. The molecule has 0 bridgehead atoms. The van der Waals surface area contributed by atoms with Gasteiger partial charge in [0.05, 0.1) is 17.1 Å². The molecule has 1 saturated heterocycles. The zero-order chi connectivity index (χ0) is 13.8. The van der Waals surface area contributed by atoms with Gasteiger partial charge in [0.1, 0.15) is 0 Å². The monoisotopic (exact) mass is 264 g/mol. The van der Waals surface area contributed by atoms with Crippen molar-refractivity contribution in [3.63, 3.8) is 0 Å². The number of nitrogens with one attached hydrogen (secondary N) is 1. The Bertz CT molecular complexity index is 318. The van der Waals surface area contributed by atoms with Crippen molar-refractivity contribution >= 4 is 0 Å². The molecule has 3 heteroatoms. The Balaban J connectivity index is 2.18. The molecule has 2 unspecified atom stereocenters. The average Bonchev–Trinajstić information content (AvgIpc) is 2.40. The minimum absolute atomic E-state index is 0.223. The van der Waals surface area contributed by atoms with Crippen LogP contribution in [0.5, 0.6) is 0 Å². The van der Waals surface area contributed by atoms with E-state index in [-0.39, 0.29) is 5.92 Å². The zero-order valence-corrected chi connectivity index (χ0v) is 12.2. The molecule has 108 valence electrons. The molecular formula is C16H28N2O. The van der Waals surface area contributed by atoms with Gasteiger partial charge in [-0.15, -0.1) is 0 Å². The molecular weight excluding hydrogens is 236 g/mol. The number of hydrogen-bond acceptors (Lipinski definition) is 3. The molecule has 0 aromatic rings. The third-order valence-corrected chi connectivity index (χ3v) is 5.48. The lowest BCUT2D eigenvalue weighted by Gasteiger charge is -2.47. The highest BCUT2D eigenvalue weighted by atomic mass is 16.3. The van der Waals surface area contributed by atoms with Gasteiger partial charge >= 0.3 is 0 Å². The van der Waals surface area contributed by atoms with Crippen LogP contribution in [0.25, 0.3) is 0 Å². The summed E-state index contributed by atoms with van der Waals surface area (Å²) in [6.45, 7) is 3.83. The summed E-state index contributed by atoms with van der Waals surface area (Å²) in [5.41, 5.74) is -1.39. The predicted molar refractivity (Wildman–Crippen MR) is 76.6 cm³/mol. The van der Waals surface area contributed by atoms with Crippen molar-refractivity contribution in [2.24, 2.45) is 11.3 Å². The van der Waals surface area contributed by atoms with E-state index < -0.39 is 11.0 Å². The lowest BCUT2D eigenvalue weighted by atomic mass is 9.60. The quantitative estimate of drug-likeness (QED) is 0.806. The second-order valence-electron chi connectivity index (χ2n) is 6.65. The minimum Gasteiger partial charge on any atom is -0.388 e. The molecule has 0 spiro atoms. The van der Waals surface area contributed by atoms with Crippen LogP contribution in [-0.4, -0.2) is 23.8 Å². The normalized spacial score (nSPS) is 31.5. The van der Waals surface area contributed by atoms with E-state index >= 15 is 0 Å². The summed E-state index contributed by atoms with van der Waals surface area (Å²) in [5.74, 6) is 0.223. The largest absolute Gasteiger partial charge is 0.388 e. The lowest BCUT2D eigenvalue weighted by Crippen LogP contribution is -2.55. The molecule has 1 aliphatic carbocycles. The Morgan fingerprint density at radius 1 is 1.16 bits per heavy atom. The van der Waals surface area contributed by atoms with Gasteiger partial charge in [-0.2, -0.15) is 5.26 Å². The van der Waals surface area contributed by atoms with E-state index in [1.807, 2.05) is 6.92 Å². The first-order valence-electron chi connectivity index (χ1n) is 7.97. The summed E-state index contributed by atoms with van der Waals surface area (Å²) < 4.78 is 0. The van der Waals surface area contributed by atoms with Crippen molar-refractivity contribution in [2.75, 3.05) is 13.1 Å². The molecule has 1 aliphatic heterocycles. The van der Waals surface area contributed by atoms with Crippen LogP contribution in [0.4, 0.5) is 0 Å². The first-order chi connectivity index (χ1) is 9.12. The van der Waals surface area contributed by atoms with Gasteiger partial charge in [0, 0.05) is 12.5 Å². The lowest BCUT2D eigenvalue weighted by molar-refractivity contribution is -0.102. The number of aliphatic hydroxyl groups is 1. The molecule has 2 N–H and O–H groups in total. The van der Waals surface area contributed by atoms with E-state index in [1.165, 1.54) is 19.3 Å². The fraction of sp³-hybridized carbons (Fsp3) is 0.938. The van der Waals surface area contributed by atoms with Gasteiger partial charge in [-0.05, 0) is 39.2 Å². The summed E-state index contributed by atoms with van der Waals surface area (Å²) >= 11 is 0. The van der Waals surface area contributed by atoms with Crippen molar-refractivity contribution in [1.82, 2.24) is 5.32 Å². The number of rotatable bonds is 2.